The highest BCUT2D eigenvalue weighted by Gasteiger charge is 2.34. The van der Waals surface area contributed by atoms with E-state index in [1.807, 2.05) is 24.3 Å². The summed E-state index contributed by atoms with van der Waals surface area (Å²) in [6, 6.07) is 10.2. The van der Waals surface area contributed by atoms with Gasteiger partial charge in [-0.1, -0.05) is 18.2 Å². The Morgan fingerprint density at radius 1 is 1.06 bits per heavy atom. The quantitative estimate of drug-likeness (QED) is 0.661. The number of ether oxygens (including phenoxy) is 3. The maximum Gasteiger partial charge on any atom is 0.213 e. The topological polar surface area (TPSA) is 52.1 Å². The van der Waals surface area contributed by atoms with E-state index in [1.54, 1.807) is 7.11 Å². The van der Waals surface area contributed by atoms with E-state index in [4.69, 9.17) is 19.2 Å². The summed E-state index contributed by atoms with van der Waals surface area (Å²) in [5.74, 6) is 2.89. The zero-order chi connectivity index (χ0) is 22.0. The number of nitrogens with one attached hydrogen (secondary N) is 1. The molecule has 0 saturated heterocycles. The fourth-order valence-electron chi connectivity index (χ4n) is 4.68. The molecule has 0 saturated carbocycles. The van der Waals surface area contributed by atoms with Crippen molar-refractivity contribution in [3.63, 3.8) is 0 Å². The Kier molecular flexibility index (Phi) is 4.23. The first kappa shape index (κ1) is 19.7. The van der Waals surface area contributed by atoms with E-state index in [9.17, 15) is 0 Å². The van der Waals surface area contributed by atoms with Crippen LogP contribution in [0.1, 0.15) is 45.7 Å². The van der Waals surface area contributed by atoms with Crippen molar-refractivity contribution in [1.82, 2.24) is 0 Å². The van der Waals surface area contributed by atoms with Gasteiger partial charge in [-0.2, -0.15) is 0 Å². The zero-order valence-electron chi connectivity index (χ0n) is 18.9. The largest absolute Gasteiger partial charge is 0.496 e. The minimum absolute atomic E-state index is 0.122. The van der Waals surface area contributed by atoms with Gasteiger partial charge >= 0.3 is 0 Å². The van der Waals surface area contributed by atoms with E-state index < -0.39 is 0 Å². The molecule has 0 fully saturated rings. The Morgan fingerprint density at radius 3 is 2.58 bits per heavy atom. The van der Waals surface area contributed by atoms with Gasteiger partial charge in [-0.15, -0.1) is 0 Å². The molecule has 2 aromatic carbocycles. The molecule has 0 aliphatic carbocycles. The maximum atomic E-state index is 6.46. The maximum absolute atomic E-state index is 6.46. The fraction of sp³-hybridized carbons (Fsp3) is 0.346. The number of hydrogen-bond donors (Lipinski definition) is 1. The highest BCUT2D eigenvalue weighted by molar-refractivity contribution is 6.04. The number of rotatable bonds is 2. The Morgan fingerprint density at radius 2 is 1.87 bits per heavy atom. The second kappa shape index (κ2) is 6.64. The molecule has 0 atom stereocenters. The van der Waals surface area contributed by atoms with Crippen LogP contribution in [0.5, 0.6) is 11.5 Å². The third kappa shape index (κ3) is 3.29. The van der Waals surface area contributed by atoms with Gasteiger partial charge in [0.05, 0.1) is 23.8 Å². The molecule has 3 aliphatic heterocycles. The molecular formula is C26H28N2O3. The number of hydrogen-bond acceptors (Lipinski definition) is 5. The number of allylic oxidation sites excluding steroid dienone is 1. The highest BCUT2D eigenvalue weighted by Crippen LogP contribution is 2.51. The molecule has 0 unspecified atom stereocenters. The molecular weight excluding hydrogens is 388 g/mol. The molecule has 0 radical (unpaired) electrons. The van der Waals surface area contributed by atoms with Gasteiger partial charge in [0.1, 0.15) is 23.9 Å². The summed E-state index contributed by atoms with van der Waals surface area (Å²) in [7, 11) is 1.69. The predicted octanol–water partition coefficient (Wildman–Crippen LogP) is 5.91. The predicted molar refractivity (Wildman–Crippen MR) is 126 cm³/mol. The van der Waals surface area contributed by atoms with E-state index >= 15 is 0 Å². The monoisotopic (exact) mass is 416 g/mol. The van der Waals surface area contributed by atoms with Crippen LogP contribution in [0.3, 0.4) is 0 Å². The molecule has 0 amide bonds. The normalized spacial score (nSPS) is 20.9. The van der Waals surface area contributed by atoms with Crippen LogP contribution in [-0.2, 0) is 4.74 Å². The first-order valence-corrected chi connectivity index (χ1v) is 10.6. The summed E-state index contributed by atoms with van der Waals surface area (Å²) < 4.78 is 18.0. The molecule has 5 heteroatoms. The smallest absolute Gasteiger partial charge is 0.213 e. The molecule has 5 rings (SSSR count). The molecule has 31 heavy (non-hydrogen) atoms. The Labute approximate surface area is 183 Å². The van der Waals surface area contributed by atoms with Crippen LogP contribution in [0.25, 0.3) is 22.5 Å². The summed E-state index contributed by atoms with van der Waals surface area (Å²) in [5.41, 5.74) is 6.15. The number of benzene rings is 2. The highest BCUT2D eigenvalue weighted by atomic mass is 16.5. The van der Waals surface area contributed by atoms with Crippen molar-refractivity contribution in [2.45, 2.75) is 45.7 Å². The van der Waals surface area contributed by atoms with Crippen molar-refractivity contribution in [3.05, 3.63) is 53.6 Å². The lowest BCUT2D eigenvalue weighted by atomic mass is 9.83. The number of fused-ring (bicyclic) bond motifs is 5. The van der Waals surface area contributed by atoms with E-state index in [2.05, 4.69) is 58.1 Å². The van der Waals surface area contributed by atoms with Crippen molar-refractivity contribution in [1.29, 1.82) is 0 Å². The summed E-state index contributed by atoms with van der Waals surface area (Å²) >= 11 is 0. The summed E-state index contributed by atoms with van der Waals surface area (Å²) in [6.07, 6.45) is 4.18. The van der Waals surface area contributed by atoms with Crippen LogP contribution >= 0.6 is 0 Å². The second-order valence-electron chi connectivity index (χ2n) is 9.58. The molecule has 160 valence electrons. The summed E-state index contributed by atoms with van der Waals surface area (Å²) in [6.45, 7) is 11.2. The van der Waals surface area contributed by atoms with Crippen LogP contribution in [0.15, 0.2) is 47.5 Å². The van der Waals surface area contributed by atoms with E-state index in [0.717, 1.165) is 45.2 Å². The van der Waals surface area contributed by atoms with Crippen molar-refractivity contribution in [2.75, 3.05) is 19.0 Å². The molecule has 1 N–H and O–H groups in total. The van der Waals surface area contributed by atoms with Gasteiger partial charge in [-0.05, 0) is 58.4 Å². The van der Waals surface area contributed by atoms with Crippen LogP contribution in [0.4, 0.5) is 5.69 Å². The van der Waals surface area contributed by atoms with Crippen molar-refractivity contribution < 1.29 is 14.2 Å². The van der Waals surface area contributed by atoms with Gasteiger partial charge in [0.2, 0.25) is 5.90 Å². The number of aliphatic imine (C=N–C) groups is 1. The lowest BCUT2D eigenvalue weighted by Crippen LogP contribution is -2.32. The van der Waals surface area contributed by atoms with E-state index in [-0.39, 0.29) is 11.1 Å². The number of methoxy groups -OCH3 is 1. The minimum atomic E-state index is -0.234. The first-order chi connectivity index (χ1) is 14.7. The SMILES string of the molecule is COc1cccc2c1-c1ccc3c(c1C(=CC1=NC(C)(C)CO1)O2)C(C)=CC(C)(C)N3. The minimum Gasteiger partial charge on any atom is -0.496 e. The molecule has 5 nitrogen and oxygen atoms in total. The molecule has 0 bridgehead atoms. The van der Waals surface area contributed by atoms with Gasteiger partial charge in [-0.25, -0.2) is 4.99 Å². The summed E-state index contributed by atoms with van der Waals surface area (Å²) in [4.78, 5) is 4.71. The van der Waals surface area contributed by atoms with Crippen molar-refractivity contribution in [2.24, 2.45) is 4.99 Å². The second-order valence-corrected chi connectivity index (χ2v) is 9.58. The van der Waals surface area contributed by atoms with Gasteiger partial charge in [0, 0.05) is 28.5 Å². The molecule has 3 heterocycles. The molecule has 0 aromatic heterocycles. The average molecular weight is 417 g/mol. The van der Waals surface area contributed by atoms with Crippen LogP contribution < -0.4 is 14.8 Å². The first-order valence-electron chi connectivity index (χ1n) is 10.6. The standard InChI is InChI=1S/C26H28N2O3/c1-15-13-25(2,3)27-17-11-10-16-23-18(29-6)8-7-9-19(23)31-20(24(16)22(15)17)12-21-28-26(4,5)14-30-21/h7-13,27H,14H2,1-6H3. The molecule has 2 aromatic rings. The third-order valence-electron chi connectivity index (χ3n) is 5.82. The molecule has 3 aliphatic rings. The van der Waals surface area contributed by atoms with Crippen LogP contribution in [-0.4, -0.2) is 30.7 Å². The third-order valence-corrected chi connectivity index (χ3v) is 5.82. The van der Waals surface area contributed by atoms with Gasteiger partial charge < -0.3 is 19.5 Å². The fourth-order valence-corrected chi connectivity index (χ4v) is 4.68. The van der Waals surface area contributed by atoms with Crippen LogP contribution in [0, 0.1) is 0 Å². The number of anilines is 1. The Hall–Kier alpha value is -3.21. The summed E-state index contributed by atoms with van der Waals surface area (Å²) in [5, 5.41) is 3.64. The van der Waals surface area contributed by atoms with Gasteiger partial charge in [0.15, 0.2) is 0 Å². The zero-order valence-corrected chi connectivity index (χ0v) is 18.9. The van der Waals surface area contributed by atoms with Crippen molar-refractivity contribution in [3.8, 4) is 22.6 Å². The molecule has 0 spiro atoms. The average Bonchev–Trinajstić information content (AvgIpc) is 3.04. The Bertz CT molecular complexity index is 1190. The van der Waals surface area contributed by atoms with Gasteiger partial charge in [-0.3, -0.25) is 0 Å². The van der Waals surface area contributed by atoms with E-state index in [0.29, 0.717) is 12.5 Å². The van der Waals surface area contributed by atoms with Gasteiger partial charge in [0.25, 0.3) is 0 Å². The lowest BCUT2D eigenvalue weighted by Gasteiger charge is -2.35. The van der Waals surface area contributed by atoms with Crippen LogP contribution in [0.2, 0.25) is 0 Å². The van der Waals surface area contributed by atoms with E-state index in [1.165, 1.54) is 5.57 Å². The lowest BCUT2D eigenvalue weighted by molar-refractivity contribution is 0.280. The van der Waals surface area contributed by atoms with Crippen molar-refractivity contribution >= 4 is 22.9 Å². The number of nitrogens with zero attached hydrogens (tertiary/aromatic N) is 1. The Balaban J connectivity index is 1.79.